The molecule has 1 aliphatic heterocycles. The van der Waals surface area contributed by atoms with E-state index >= 15 is 0 Å². The lowest BCUT2D eigenvalue weighted by Gasteiger charge is -2.36. The molecular formula is C34H40INO9. The van der Waals surface area contributed by atoms with E-state index in [2.05, 4.69) is 0 Å². The number of carboxylic acid groups (broad SMARTS) is 1. The molecule has 0 saturated carbocycles. The Morgan fingerprint density at radius 2 is 1.82 bits per heavy atom. The zero-order valence-electron chi connectivity index (χ0n) is 25.2. The Kier molecular flexibility index (Phi) is 12.2. The van der Waals surface area contributed by atoms with Gasteiger partial charge in [-0.3, -0.25) is 19.3 Å². The van der Waals surface area contributed by atoms with E-state index in [0.29, 0.717) is 46.1 Å². The van der Waals surface area contributed by atoms with Crippen molar-refractivity contribution >= 4 is 52.0 Å². The van der Waals surface area contributed by atoms with Gasteiger partial charge in [0.05, 0.1) is 41.8 Å². The summed E-state index contributed by atoms with van der Waals surface area (Å²) in [6.07, 6.45) is 3.14. The van der Waals surface area contributed by atoms with Gasteiger partial charge >= 0.3 is 5.97 Å². The summed E-state index contributed by atoms with van der Waals surface area (Å²) in [6, 6.07) is 13.2. The number of nitrogens with zero attached hydrogens (tertiary/aromatic N) is 1. The average molecular weight is 734 g/mol. The summed E-state index contributed by atoms with van der Waals surface area (Å²) in [6.45, 7) is -0.702. The molecule has 0 unspecified atom stereocenters. The Balaban J connectivity index is 1.56. The second-order valence-corrected chi connectivity index (χ2v) is 12.7. The molecule has 1 aliphatic carbocycles. The standard InChI is InChI=1S/C34H40INO9/c1-45-28-16-20(15-26(35)32(28)42)14-22(21-8-4-2-5-9-21)11-12-27(39)30-23(18-37)17-24-31(25(30)19-38)34(44)36(33(24)43)13-7-3-6-10-29(40)41/h2,4-5,8-9,14-16,24-25,27,31,37-39,42H,3,6-7,10-13,17-19H2,1H3,(H,40,41)/b22-14-/t24-,25+,27-,31-/m1/s1. The van der Waals surface area contributed by atoms with Crippen molar-refractivity contribution in [1.82, 2.24) is 4.90 Å². The number of aliphatic hydroxyl groups excluding tert-OH is 3. The number of hydrogen-bond donors (Lipinski definition) is 5. The molecule has 4 rings (SSSR count). The van der Waals surface area contributed by atoms with Gasteiger partial charge < -0.3 is 30.3 Å². The number of methoxy groups -OCH3 is 1. The Labute approximate surface area is 276 Å². The quantitative estimate of drug-likeness (QED) is 0.0593. The largest absolute Gasteiger partial charge is 0.504 e. The van der Waals surface area contributed by atoms with Gasteiger partial charge in [0.1, 0.15) is 0 Å². The first kappa shape index (κ1) is 34.6. The first-order valence-electron chi connectivity index (χ1n) is 15.1. The number of imide groups is 1. The average Bonchev–Trinajstić information content (AvgIpc) is 3.27. The molecule has 1 saturated heterocycles. The highest BCUT2D eigenvalue weighted by molar-refractivity contribution is 14.1. The third-order valence-electron chi connectivity index (χ3n) is 8.74. The predicted molar refractivity (Wildman–Crippen MR) is 176 cm³/mol. The van der Waals surface area contributed by atoms with Crippen LogP contribution in [0.2, 0.25) is 0 Å². The summed E-state index contributed by atoms with van der Waals surface area (Å²) < 4.78 is 5.95. The highest BCUT2D eigenvalue weighted by Gasteiger charge is 2.54. The summed E-state index contributed by atoms with van der Waals surface area (Å²) in [7, 11) is 1.48. The van der Waals surface area contributed by atoms with Gasteiger partial charge in [-0.05, 0) is 94.7 Å². The minimum absolute atomic E-state index is 0.0222. The number of likely N-dealkylation sites (tertiary alicyclic amines) is 1. The number of carboxylic acids is 1. The summed E-state index contributed by atoms with van der Waals surface area (Å²) >= 11 is 2.04. The van der Waals surface area contributed by atoms with E-state index in [9.17, 15) is 34.8 Å². The zero-order valence-corrected chi connectivity index (χ0v) is 27.4. The molecule has 4 atom stereocenters. The number of phenols is 1. The number of aliphatic hydroxyl groups is 3. The lowest BCUT2D eigenvalue weighted by molar-refractivity contribution is -0.141. The van der Waals surface area contributed by atoms with Crippen LogP contribution in [0.3, 0.4) is 0 Å². The van der Waals surface area contributed by atoms with Gasteiger partial charge in [0.2, 0.25) is 11.8 Å². The molecule has 11 heteroatoms. The molecule has 1 fully saturated rings. The number of allylic oxidation sites excluding steroid dienone is 1. The highest BCUT2D eigenvalue weighted by atomic mass is 127. The van der Waals surface area contributed by atoms with E-state index in [4.69, 9.17) is 9.84 Å². The van der Waals surface area contributed by atoms with Crippen LogP contribution in [-0.2, 0) is 14.4 Å². The van der Waals surface area contributed by atoms with Gasteiger partial charge in [0.15, 0.2) is 11.5 Å². The van der Waals surface area contributed by atoms with Crippen molar-refractivity contribution in [2.45, 2.75) is 51.0 Å². The number of amides is 2. The molecule has 45 heavy (non-hydrogen) atoms. The number of aromatic hydroxyl groups is 1. The minimum atomic E-state index is -1.08. The lowest BCUT2D eigenvalue weighted by atomic mass is 9.68. The number of fused-ring (bicyclic) bond motifs is 1. The first-order chi connectivity index (χ1) is 21.6. The molecule has 2 aromatic rings. The van der Waals surface area contributed by atoms with Gasteiger partial charge in [-0.1, -0.05) is 42.8 Å². The van der Waals surface area contributed by atoms with E-state index in [0.717, 1.165) is 16.7 Å². The number of rotatable bonds is 15. The monoisotopic (exact) mass is 733 g/mol. The first-order valence-corrected chi connectivity index (χ1v) is 16.2. The molecule has 1 heterocycles. The molecule has 242 valence electrons. The minimum Gasteiger partial charge on any atom is -0.504 e. The maximum Gasteiger partial charge on any atom is 0.303 e. The summed E-state index contributed by atoms with van der Waals surface area (Å²) in [4.78, 5) is 38.8. The summed E-state index contributed by atoms with van der Waals surface area (Å²) in [5, 5.41) is 51.5. The number of phenolic OH excluding ortho intramolecular Hbond substituents is 1. The van der Waals surface area contributed by atoms with E-state index in [1.54, 1.807) is 6.07 Å². The molecule has 0 spiro atoms. The van der Waals surface area contributed by atoms with E-state index in [-0.39, 0.29) is 37.5 Å². The van der Waals surface area contributed by atoms with Gasteiger partial charge in [-0.2, -0.15) is 0 Å². The van der Waals surface area contributed by atoms with E-state index < -0.39 is 48.9 Å². The van der Waals surface area contributed by atoms with Crippen molar-refractivity contribution in [1.29, 1.82) is 0 Å². The number of halogens is 1. The Morgan fingerprint density at radius 3 is 2.47 bits per heavy atom. The SMILES string of the molecule is COc1cc(/C=C(/CC[C@@H](O)C2=C(CO)C[C@H]3C(=O)N(CCCCCC(=O)O)C(=O)[C@H]3[C@H]2CO)c2ccccc2)cc(I)c1O. The van der Waals surface area contributed by atoms with Crippen LogP contribution in [0.15, 0.2) is 53.6 Å². The third kappa shape index (κ3) is 7.94. The van der Waals surface area contributed by atoms with Crippen LogP contribution in [0.1, 0.15) is 56.1 Å². The van der Waals surface area contributed by atoms with Crippen molar-refractivity contribution < 1.29 is 44.7 Å². The molecule has 0 radical (unpaired) electrons. The van der Waals surface area contributed by atoms with Crippen molar-refractivity contribution in [2.75, 3.05) is 26.9 Å². The fourth-order valence-electron chi connectivity index (χ4n) is 6.55. The molecule has 2 aromatic carbocycles. The smallest absolute Gasteiger partial charge is 0.303 e. The number of hydrogen-bond acceptors (Lipinski definition) is 8. The van der Waals surface area contributed by atoms with Crippen LogP contribution in [0.25, 0.3) is 11.6 Å². The third-order valence-corrected chi connectivity index (χ3v) is 9.56. The predicted octanol–water partition coefficient (Wildman–Crippen LogP) is 4.23. The van der Waals surface area contributed by atoms with E-state index in [1.165, 1.54) is 12.0 Å². The zero-order chi connectivity index (χ0) is 32.7. The second kappa shape index (κ2) is 15.8. The normalized spacial score (nSPS) is 20.9. The molecule has 0 aromatic heterocycles. The van der Waals surface area contributed by atoms with Gasteiger partial charge in [-0.25, -0.2) is 0 Å². The fourth-order valence-corrected chi connectivity index (χ4v) is 7.17. The maximum absolute atomic E-state index is 13.5. The van der Waals surface area contributed by atoms with Crippen molar-refractivity contribution in [2.24, 2.45) is 17.8 Å². The number of aliphatic carboxylic acids is 1. The molecule has 5 N–H and O–H groups in total. The Bertz CT molecular complexity index is 1460. The molecule has 0 bridgehead atoms. The van der Waals surface area contributed by atoms with Crippen LogP contribution in [-0.4, -0.2) is 81.2 Å². The van der Waals surface area contributed by atoms with Crippen LogP contribution in [0.5, 0.6) is 11.5 Å². The number of benzene rings is 2. The summed E-state index contributed by atoms with van der Waals surface area (Å²) in [5.41, 5.74) is 3.51. The fraction of sp³-hybridized carbons (Fsp3) is 0.441. The Hall–Kier alpha value is -3.26. The lowest BCUT2D eigenvalue weighted by Crippen LogP contribution is -2.39. The van der Waals surface area contributed by atoms with Crippen LogP contribution < -0.4 is 4.74 Å². The molecule has 2 amide bonds. The summed E-state index contributed by atoms with van der Waals surface area (Å²) in [5.74, 6) is -3.63. The van der Waals surface area contributed by atoms with Crippen molar-refractivity contribution in [3.05, 3.63) is 68.3 Å². The van der Waals surface area contributed by atoms with Gasteiger partial charge in [-0.15, -0.1) is 0 Å². The van der Waals surface area contributed by atoms with Crippen LogP contribution >= 0.6 is 22.6 Å². The second-order valence-electron chi connectivity index (χ2n) is 11.5. The van der Waals surface area contributed by atoms with Gasteiger partial charge in [0.25, 0.3) is 0 Å². The van der Waals surface area contributed by atoms with E-state index in [1.807, 2.05) is 65.1 Å². The maximum atomic E-state index is 13.5. The molecule has 2 aliphatic rings. The topological polar surface area (TPSA) is 165 Å². The molecule has 10 nitrogen and oxygen atoms in total. The number of carbonyl (C=O) groups is 3. The van der Waals surface area contributed by atoms with Crippen molar-refractivity contribution in [3.63, 3.8) is 0 Å². The van der Waals surface area contributed by atoms with Crippen LogP contribution in [0.4, 0.5) is 0 Å². The van der Waals surface area contributed by atoms with Crippen molar-refractivity contribution in [3.8, 4) is 11.5 Å². The molecular weight excluding hydrogens is 693 g/mol. The Morgan fingerprint density at radius 1 is 1.09 bits per heavy atom. The number of unbranched alkanes of at least 4 members (excludes halogenated alkanes) is 2. The van der Waals surface area contributed by atoms with Gasteiger partial charge in [0, 0.05) is 18.9 Å². The number of carbonyl (C=O) groups excluding carboxylic acids is 2. The number of ether oxygens (including phenoxy) is 1. The highest BCUT2D eigenvalue weighted by Crippen LogP contribution is 2.46. The van der Waals surface area contributed by atoms with Crippen LogP contribution in [0, 0.1) is 21.3 Å².